The van der Waals surface area contributed by atoms with Crippen LogP contribution in [-0.2, 0) is 20.8 Å². The highest BCUT2D eigenvalue weighted by Crippen LogP contribution is 2.65. The molecule has 12 heteroatoms. The normalized spacial score (nSPS) is 22.6. The van der Waals surface area contributed by atoms with Crippen LogP contribution in [0.4, 0.5) is 13.2 Å². The molecule has 2 aliphatic rings. The first-order chi connectivity index (χ1) is 19.3. The molecule has 0 spiro atoms. The molecule has 2 aromatic rings. The Balaban J connectivity index is 1.62. The number of rotatable bonds is 6. The van der Waals surface area contributed by atoms with Crippen LogP contribution in [0.25, 0.3) is 10.9 Å². The zero-order valence-corrected chi connectivity index (χ0v) is 24.7. The number of H-pyrrole nitrogens is 1. The van der Waals surface area contributed by atoms with Crippen LogP contribution in [0.5, 0.6) is 0 Å². The Kier molecular flexibility index (Phi) is 7.72. The Bertz CT molecular complexity index is 1530. The first-order valence-electron chi connectivity index (χ1n) is 13.8. The van der Waals surface area contributed by atoms with Gasteiger partial charge in [-0.1, -0.05) is 46.2 Å². The summed E-state index contributed by atoms with van der Waals surface area (Å²) in [5.41, 5.74) is 0.148. The van der Waals surface area contributed by atoms with E-state index in [1.807, 2.05) is 38.2 Å². The molecule has 9 nitrogen and oxygen atoms in total. The van der Waals surface area contributed by atoms with Gasteiger partial charge in [-0.2, -0.15) is 18.4 Å². The molecular formula is C30H36F3N5O4. The minimum atomic E-state index is -5.19. The molecule has 4 rings (SSSR count). The van der Waals surface area contributed by atoms with Crippen molar-refractivity contribution < 1.29 is 27.6 Å². The number of halogens is 3. The molecule has 1 saturated heterocycles. The van der Waals surface area contributed by atoms with E-state index >= 15 is 0 Å². The maximum absolute atomic E-state index is 14.0. The number of likely N-dealkylation sites (tertiary alicyclic amines) is 1. The van der Waals surface area contributed by atoms with Crippen molar-refractivity contribution >= 4 is 28.6 Å². The quantitative estimate of drug-likeness (QED) is 0.537. The molecule has 0 unspecified atom stereocenters. The fraction of sp³-hybridized carbons (Fsp3) is 0.567. The third-order valence-corrected chi connectivity index (χ3v) is 8.84. The topological polar surface area (TPSA) is 126 Å². The number of benzene rings is 1. The largest absolute Gasteiger partial charge is 0.471 e. The molecular weight excluding hydrogens is 551 g/mol. The molecule has 2 heterocycles. The summed E-state index contributed by atoms with van der Waals surface area (Å²) in [5.74, 6) is -3.92. The third kappa shape index (κ3) is 5.61. The van der Waals surface area contributed by atoms with Crippen molar-refractivity contribution in [3.05, 3.63) is 45.7 Å². The van der Waals surface area contributed by atoms with Crippen molar-refractivity contribution in [3.8, 4) is 6.07 Å². The van der Waals surface area contributed by atoms with E-state index < -0.39 is 47.4 Å². The van der Waals surface area contributed by atoms with Gasteiger partial charge in [0, 0.05) is 31.1 Å². The minimum absolute atomic E-state index is 0.0671. The summed E-state index contributed by atoms with van der Waals surface area (Å²) in [6.45, 7) is 10.6. The second-order valence-electron chi connectivity index (χ2n) is 13.2. The van der Waals surface area contributed by atoms with E-state index in [-0.39, 0.29) is 35.8 Å². The number of likely N-dealkylation sites (N-methyl/N-ethyl adjacent to an activating group) is 1. The predicted molar refractivity (Wildman–Crippen MR) is 149 cm³/mol. The van der Waals surface area contributed by atoms with Crippen molar-refractivity contribution in [1.29, 1.82) is 5.26 Å². The van der Waals surface area contributed by atoms with Crippen LogP contribution in [-0.4, -0.2) is 70.4 Å². The van der Waals surface area contributed by atoms with E-state index in [4.69, 9.17) is 0 Å². The number of aromatic nitrogens is 1. The van der Waals surface area contributed by atoms with Crippen molar-refractivity contribution in [2.24, 2.45) is 22.7 Å². The molecule has 3 amide bonds. The predicted octanol–water partition coefficient (Wildman–Crippen LogP) is 3.31. The Morgan fingerprint density at radius 2 is 1.86 bits per heavy atom. The van der Waals surface area contributed by atoms with Gasteiger partial charge in [-0.05, 0) is 53.2 Å². The van der Waals surface area contributed by atoms with E-state index in [0.29, 0.717) is 11.1 Å². The number of alkyl halides is 3. The van der Waals surface area contributed by atoms with Crippen molar-refractivity contribution in [1.82, 2.24) is 20.1 Å². The van der Waals surface area contributed by atoms with Gasteiger partial charge in [0.2, 0.25) is 11.8 Å². The van der Waals surface area contributed by atoms with Crippen LogP contribution in [0.2, 0.25) is 0 Å². The number of hydrogen-bond donors (Lipinski definition) is 2. The SMILES string of the molecule is Cc1ccc2[nH]c(=O)c(C[C@@H](C#N)N(C)C(=O)[C@@H]3[C@@H]4[C@H](CN3C(=O)[C@@H](NC(=O)C(F)(F)F)C(C)(C)C)C4(C)C)cc2c1. The van der Waals surface area contributed by atoms with Crippen LogP contribution in [0.1, 0.15) is 45.7 Å². The highest BCUT2D eigenvalue weighted by Gasteiger charge is 2.70. The van der Waals surface area contributed by atoms with E-state index in [1.165, 1.54) is 37.6 Å². The fourth-order valence-electron chi connectivity index (χ4n) is 6.19. The maximum atomic E-state index is 14.0. The lowest BCUT2D eigenvalue weighted by atomic mass is 9.85. The van der Waals surface area contributed by atoms with Gasteiger partial charge >= 0.3 is 12.1 Å². The van der Waals surface area contributed by atoms with Crippen LogP contribution in [0.3, 0.4) is 0 Å². The van der Waals surface area contributed by atoms with Gasteiger partial charge in [0.1, 0.15) is 18.1 Å². The van der Waals surface area contributed by atoms with Crippen LogP contribution >= 0.6 is 0 Å². The molecule has 1 saturated carbocycles. The smallest absolute Gasteiger partial charge is 0.336 e. The molecule has 1 aliphatic heterocycles. The number of fused-ring (bicyclic) bond motifs is 2. The summed E-state index contributed by atoms with van der Waals surface area (Å²) in [7, 11) is 1.42. The minimum Gasteiger partial charge on any atom is -0.336 e. The fourth-order valence-corrected chi connectivity index (χ4v) is 6.19. The van der Waals surface area contributed by atoms with Gasteiger partial charge in [0.05, 0.1) is 6.07 Å². The van der Waals surface area contributed by atoms with Crippen LogP contribution in [0, 0.1) is 40.9 Å². The summed E-state index contributed by atoms with van der Waals surface area (Å²) < 4.78 is 39.3. The maximum Gasteiger partial charge on any atom is 0.471 e. The van der Waals surface area contributed by atoms with Gasteiger partial charge in [0.15, 0.2) is 0 Å². The first kappa shape index (κ1) is 31.1. The van der Waals surface area contributed by atoms with Crippen LogP contribution in [0.15, 0.2) is 29.1 Å². The number of pyridine rings is 1. The number of amides is 3. The number of piperidine rings is 1. The summed E-state index contributed by atoms with van der Waals surface area (Å²) >= 11 is 0. The average molecular weight is 588 g/mol. The number of aryl methyl sites for hydroxylation is 1. The molecule has 1 aromatic carbocycles. The van der Waals surface area contributed by atoms with E-state index in [2.05, 4.69) is 11.1 Å². The Morgan fingerprint density at radius 3 is 2.43 bits per heavy atom. The Hall–Kier alpha value is -3.88. The lowest BCUT2D eigenvalue weighted by molar-refractivity contribution is -0.176. The van der Waals surface area contributed by atoms with E-state index in [9.17, 15) is 37.6 Å². The van der Waals surface area contributed by atoms with Gasteiger partial charge in [-0.15, -0.1) is 0 Å². The Labute approximate surface area is 242 Å². The summed E-state index contributed by atoms with van der Waals surface area (Å²) in [6.07, 6.45) is -5.25. The first-order valence-corrected chi connectivity index (χ1v) is 13.8. The van der Waals surface area contributed by atoms with Crippen LogP contribution < -0.4 is 10.9 Å². The molecule has 2 N–H and O–H groups in total. The number of carbonyl (C=O) groups excluding carboxylic acids is 3. The van der Waals surface area contributed by atoms with Gasteiger partial charge < -0.3 is 20.1 Å². The second-order valence-corrected chi connectivity index (χ2v) is 13.2. The Morgan fingerprint density at radius 1 is 1.21 bits per heavy atom. The molecule has 1 aromatic heterocycles. The molecule has 42 heavy (non-hydrogen) atoms. The second kappa shape index (κ2) is 10.4. The third-order valence-electron chi connectivity index (χ3n) is 8.84. The van der Waals surface area contributed by atoms with Gasteiger partial charge in [0.25, 0.3) is 5.56 Å². The lowest BCUT2D eigenvalue weighted by Crippen LogP contribution is -2.61. The number of hydrogen-bond acceptors (Lipinski definition) is 5. The van der Waals surface area contributed by atoms with E-state index in [0.717, 1.165) is 10.9 Å². The van der Waals surface area contributed by atoms with Crippen molar-refractivity contribution in [3.63, 3.8) is 0 Å². The summed E-state index contributed by atoms with van der Waals surface area (Å²) in [4.78, 5) is 57.6. The molecule has 2 fully saturated rings. The van der Waals surface area contributed by atoms with Gasteiger partial charge in [-0.3, -0.25) is 19.2 Å². The van der Waals surface area contributed by atoms with Crippen molar-refractivity contribution in [2.75, 3.05) is 13.6 Å². The summed E-state index contributed by atoms with van der Waals surface area (Å²) in [6, 6.07) is 5.69. The molecule has 1 aliphatic carbocycles. The molecule has 226 valence electrons. The van der Waals surface area contributed by atoms with E-state index in [1.54, 1.807) is 12.1 Å². The average Bonchev–Trinajstić information content (AvgIpc) is 3.21. The summed E-state index contributed by atoms with van der Waals surface area (Å²) in [5, 5.41) is 12.6. The highest BCUT2D eigenvalue weighted by atomic mass is 19.4. The molecule has 0 bridgehead atoms. The molecule has 0 radical (unpaired) electrons. The zero-order chi connectivity index (χ0) is 31.5. The number of nitrogens with one attached hydrogen (secondary N) is 2. The number of carbonyl (C=O) groups is 3. The zero-order valence-electron chi connectivity index (χ0n) is 24.7. The standard InChI is InChI=1S/C30H36F3N5O4/c1-15-8-9-20-16(10-15)11-17(24(39)35-20)12-18(13-34)37(7)25(40)22-21-19(29(21,5)6)14-38(22)26(41)23(28(2,3)4)36-27(42)30(31,32)33/h8-11,18-19,21-23H,12,14H2,1-7H3,(H,35,39)(H,36,42)/t18-,19-,21-,22-,23+/m0/s1. The molecule has 5 atom stereocenters. The number of nitriles is 1. The van der Waals surface area contributed by atoms with Gasteiger partial charge in [-0.25, -0.2) is 0 Å². The number of nitrogens with zero attached hydrogens (tertiary/aromatic N) is 3. The lowest BCUT2D eigenvalue weighted by Gasteiger charge is -2.39. The number of aromatic amines is 1. The highest BCUT2D eigenvalue weighted by molar-refractivity contribution is 5.95. The van der Waals surface area contributed by atoms with Crippen molar-refractivity contribution in [2.45, 2.75) is 72.3 Å². The monoisotopic (exact) mass is 587 g/mol.